The molecule has 2 heterocycles. The largest absolute Gasteiger partial charge is 0.419 e. The first-order chi connectivity index (χ1) is 20.5. The molecule has 0 bridgehead atoms. The van der Waals surface area contributed by atoms with Crippen molar-refractivity contribution < 1.29 is 22.4 Å². The van der Waals surface area contributed by atoms with Crippen LogP contribution in [0.2, 0.25) is 10.0 Å². The smallest absolute Gasteiger partial charge is 0.367 e. The summed E-state index contributed by atoms with van der Waals surface area (Å²) in [5.74, 6) is -1.49. The van der Waals surface area contributed by atoms with Crippen molar-refractivity contribution in [1.82, 2.24) is 14.7 Å². The summed E-state index contributed by atoms with van der Waals surface area (Å²) >= 11 is 12.5. The van der Waals surface area contributed by atoms with Crippen LogP contribution in [-0.4, -0.2) is 73.1 Å². The Balaban J connectivity index is 1.32. The minimum Gasteiger partial charge on any atom is -0.367 e. The lowest BCUT2D eigenvalue weighted by molar-refractivity contribution is -0.140. The SMILES string of the molecule is CN(Cc1ccc(C(F)(F)F)c(F)c1)[C@@H]1CN(C(=O)N2CCN(c3ccccc3C#N)CC2)C[C@@H]1c1ccc(Cl)c(Cl)c1. The number of piperazine rings is 1. The number of benzene rings is 3. The average Bonchev–Trinajstić information content (AvgIpc) is 3.43. The summed E-state index contributed by atoms with van der Waals surface area (Å²) in [5, 5.41) is 10.3. The summed E-state index contributed by atoms with van der Waals surface area (Å²) < 4.78 is 53.5. The van der Waals surface area contributed by atoms with Crippen LogP contribution < -0.4 is 4.90 Å². The Morgan fingerprint density at radius 3 is 2.35 bits per heavy atom. The molecule has 0 radical (unpaired) electrons. The molecule has 2 saturated heterocycles. The number of nitriles is 1. The third-order valence-electron chi connectivity index (χ3n) is 8.18. The van der Waals surface area contributed by atoms with Gasteiger partial charge < -0.3 is 14.7 Å². The van der Waals surface area contributed by atoms with Gasteiger partial charge in [-0.3, -0.25) is 4.90 Å². The highest BCUT2D eigenvalue weighted by molar-refractivity contribution is 6.42. The van der Waals surface area contributed by atoms with E-state index in [2.05, 4.69) is 11.0 Å². The summed E-state index contributed by atoms with van der Waals surface area (Å²) in [5.41, 5.74) is 1.39. The second kappa shape index (κ2) is 12.6. The molecule has 2 fully saturated rings. The molecule has 3 aromatic carbocycles. The van der Waals surface area contributed by atoms with Crippen LogP contribution in [-0.2, 0) is 12.7 Å². The normalized spacial score (nSPS) is 19.2. The van der Waals surface area contributed by atoms with Crippen LogP contribution in [0, 0.1) is 17.1 Å². The van der Waals surface area contributed by atoms with Gasteiger partial charge in [0.15, 0.2) is 0 Å². The van der Waals surface area contributed by atoms with Gasteiger partial charge in [0, 0.05) is 57.8 Å². The lowest BCUT2D eigenvalue weighted by Crippen LogP contribution is -2.53. The number of para-hydroxylation sites is 1. The van der Waals surface area contributed by atoms with E-state index in [0.717, 1.165) is 23.4 Å². The molecule has 0 unspecified atom stereocenters. The molecule has 43 heavy (non-hydrogen) atoms. The van der Waals surface area contributed by atoms with E-state index >= 15 is 0 Å². The van der Waals surface area contributed by atoms with Gasteiger partial charge in [0.25, 0.3) is 0 Å². The molecule has 5 rings (SSSR count). The minimum absolute atomic E-state index is 0.116. The highest BCUT2D eigenvalue weighted by Gasteiger charge is 2.41. The quantitative estimate of drug-likeness (QED) is 0.288. The Kier molecular flexibility index (Phi) is 9.07. The molecule has 2 amide bonds. The lowest BCUT2D eigenvalue weighted by atomic mass is 9.93. The van der Waals surface area contributed by atoms with Gasteiger partial charge in [-0.1, -0.05) is 47.5 Å². The summed E-state index contributed by atoms with van der Waals surface area (Å²) in [6, 6.07) is 17.5. The number of alkyl halides is 3. The molecule has 0 saturated carbocycles. The predicted octanol–water partition coefficient (Wildman–Crippen LogP) is 6.86. The number of hydrogen-bond donors (Lipinski definition) is 0. The Hall–Kier alpha value is -3.52. The standard InChI is InChI=1S/C31H29Cl2F4N5O/c1-39(17-20-6-8-24(27(34)14-20)31(35,36)37)29-19-42(18-23(29)21-7-9-25(32)26(33)15-21)30(43)41-12-10-40(11-13-41)28-5-3-2-4-22(28)16-38/h2-9,14-15,23,29H,10-13,17-19H2,1H3/t23-,29-/m1/s1. The fourth-order valence-electron chi connectivity index (χ4n) is 5.93. The number of urea groups is 1. The number of nitrogens with zero attached hydrogens (tertiary/aromatic N) is 5. The van der Waals surface area contributed by atoms with Crippen LogP contribution in [0.25, 0.3) is 0 Å². The number of halogens is 6. The van der Waals surface area contributed by atoms with Gasteiger partial charge in [-0.15, -0.1) is 0 Å². The van der Waals surface area contributed by atoms with Crippen molar-refractivity contribution in [1.29, 1.82) is 5.26 Å². The zero-order valence-corrected chi connectivity index (χ0v) is 24.8. The molecule has 0 aromatic heterocycles. The number of carbonyl (C=O) groups is 1. The van der Waals surface area contributed by atoms with Crippen molar-refractivity contribution in [2.75, 3.05) is 51.2 Å². The molecule has 3 aromatic rings. The topological polar surface area (TPSA) is 53.8 Å². The van der Waals surface area contributed by atoms with Crippen molar-refractivity contribution in [3.8, 4) is 6.07 Å². The molecule has 2 atom stereocenters. The van der Waals surface area contributed by atoms with Crippen molar-refractivity contribution in [3.63, 3.8) is 0 Å². The second-order valence-electron chi connectivity index (χ2n) is 10.9. The van der Waals surface area contributed by atoms with Crippen LogP contribution >= 0.6 is 23.2 Å². The van der Waals surface area contributed by atoms with Gasteiger partial charge in [-0.25, -0.2) is 9.18 Å². The first kappa shape index (κ1) is 30.9. The summed E-state index contributed by atoms with van der Waals surface area (Å²) in [6.07, 6.45) is -4.77. The maximum atomic E-state index is 14.3. The highest BCUT2D eigenvalue weighted by atomic mass is 35.5. The maximum Gasteiger partial charge on any atom is 0.419 e. The number of amides is 2. The van der Waals surface area contributed by atoms with E-state index in [4.69, 9.17) is 23.2 Å². The molecule has 0 N–H and O–H groups in total. The van der Waals surface area contributed by atoms with Crippen molar-refractivity contribution in [2.45, 2.75) is 24.7 Å². The molecule has 2 aliphatic rings. The highest BCUT2D eigenvalue weighted by Crippen LogP contribution is 2.36. The Morgan fingerprint density at radius 1 is 0.977 bits per heavy atom. The average molecular weight is 635 g/mol. The maximum absolute atomic E-state index is 14.3. The number of likely N-dealkylation sites (tertiary alicyclic amines) is 1. The zero-order valence-electron chi connectivity index (χ0n) is 23.3. The summed E-state index contributed by atoms with van der Waals surface area (Å²) in [6.45, 7) is 3.06. The molecular weight excluding hydrogens is 605 g/mol. The van der Waals surface area contributed by atoms with Crippen molar-refractivity contribution >= 4 is 34.9 Å². The number of hydrogen-bond acceptors (Lipinski definition) is 4. The van der Waals surface area contributed by atoms with Gasteiger partial charge in [0.2, 0.25) is 0 Å². The molecule has 226 valence electrons. The van der Waals surface area contributed by atoms with E-state index in [0.29, 0.717) is 60.4 Å². The van der Waals surface area contributed by atoms with Crippen LogP contribution in [0.4, 0.5) is 28.0 Å². The first-order valence-electron chi connectivity index (χ1n) is 13.7. The van der Waals surface area contributed by atoms with E-state index in [1.807, 2.05) is 36.2 Å². The first-order valence-corrected chi connectivity index (χ1v) is 14.5. The number of rotatable bonds is 5. The zero-order chi connectivity index (χ0) is 30.9. The van der Waals surface area contributed by atoms with Crippen LogP contribution in [0.15, 0.2) is 60.7 Å². The third kappa shape index (κ3) is 6.69. The van der Waals surface area contributed by atoms with Crippen molar-refractivity contribution in [3.05, 3.63) is 98.8 Å². The van der Waals surface area contributed by atoms with E-state index < -0.39 is 17.6 Å². The van der Waals surface area contributed by atoms with Crippen molar-refractivity contribution in [2.24, 2.45) is 0 Å². The minimum atomic E-state index is -4.77. The number of likely N-dealkylation sites (N-methyl/N-ethyl adjacent to an activating group) is 1. The fraction of sp³-hybridized carbons (Fsp3) is 0.355. The fourth-order valence-corrected chi connectivity index (χ4v) is 6.24. The van der Waals surface area contributed by atoms with Gasteiger partial charge in [0.05, 0.1) is 26.9 Å². The number of carbonyl (C=O) groups excluding carboxylic acids is 1. The second-order valence-corrected chi connectivity index (χ2v) is 11.7. The Bertz CT molecular complexity index is 1540. The molecule has 2 aliphatic heterocycles. The summed E-state index contributed by atoms with van der Waals surface area (Å²) in [7, 11) is 1.81. The molecular formula is C31H29Cl2F4N5O. The van der Waals surface area contributed by atoms with E-state index in [9.17, 15) is 27.6 Å². The van der Waals surface area contributed by atoms with Gasteiger partial charge in [0.1, 0.15) is 11.9 Å². The molecule has 0 spiro atoms. The Labute approximate surface area is 257 Å². The molecule has 0 aliphatic carbocycles. The monoisotopic (exact) mass is 633 g/mol. The third-order valence-corrected chi connectivity index (χ3v) is 8.92. The van der Waals surface area contributed by atoms with E-state index in [1.54, 1.807) is 28.0 Å². The lowest BCUT2D eigenvalue weighted by Gasteiger charge is -2.38. The van der Waals surface area contributed by atoms with E-state index in [-0.39, 0.29) is 24.5 Å². The van der Waals surface area contributed by atoms with E-state index in [1.165, 1.54) is 6.07 Å². The van der Waals surface area contributed by atoms with Gasteiger partial charge in [-0.2, -0.15) is 18.4 Å². The summed E-state index contributed by atoms with van der Waals surface area (Å²) in [4.78, 5) is 21.3. The van der Waals surface area contributed by atoms with Gasteiger partial charge >= 0.3 is 12.2 Å². The van der Waals surface area contributed by atoms with Gasteiger partial charge in [-0.05, 0) is 54.6 Å². The predicted molar refractivity (Wildman–Crippen MR) is 158 cm³/mol. The molecule has 6 nitrogen and oxygen atoms in total. The van der Waals surface area contributed by atoms with Crippen LogP contribution in [0.1, 0.15) is 28.2 Å². The van der Waals surface area contributed by atoms with Crippen LogP contribution in [0.3, 0.4) is 0 Å². The van der Waals surface area contributed by atoms with Crippen LogP contribution in [0.5, 0.6) is 0 Å². The number of anilines is 1. The molecule has 12 heteroatoms. The Morgan fingerprint density at radius 2 is 1.70 bits per heavy atom.